The minimum Gasteiger partial charge on any atom is -0.390 e. The number of nitrogens with zero attached hydrogens (tertiary/aromatic N) is 2. The molecule has 1 aliphatic rings. The number of hydrogen-bond acceptors (Lipinski definition) is 6. The van der Waals surface area contributed by atoms with E-state index in [1.807, 2.05) is 6.92 Å². The van der Waals surface area contributed by atoms with Gasteiger partial charge in [0.15, 0.2) is 5.65 Å². The fourth-order valence-corrected chi connectivity index (χ4v) is 4.44. The number of aliphatic hydroxyl groups is 1. The predicted molar refractivity (Wildman–Crippen MR) is 124 cm³/mol. The van der Waals surface area contributed by atoms with Crippen LogP contribution in [0.4, 0.5) is 5.69 Å². The van der Waals surface area contributed by atoms with Crippen molar-refractivity contribution in [2.45, 2.75) is 103 Å². The fraction of sp³-hybridized carbons (Fsp3) is 0.696. The van der Waals surface area contributed by atoms with Crippen LogP contribution >= 0.6 is 0 Å². The van der Waals surface area contributed by atoms with E-state index in [1.165, 1.54) is 19.3 Å². The van der Waals surface area contributed by atoms with Gasteiger partial charge in [0.25, 0.3) is 5.91 Å². The number of anilines is 1. The number of carbonyl (C=O) groups excluding carboxylic acids is 1. The summed E-state index contributed by atoms with van der Waals surface area (Å²) in [4.78, 5) is 24.7. The maximum atomic E-state index is 13.0. The maximum absolute atomic E-state index is 13.0. The van der Waals surface area contributed by atoms with Crippen molar-refractivity contribution >= 4 is 22.8 Å². The number of hydrazine groups is 1. The molecule has 3 rings (SSSR count). The first-order valence-corrected chi connectivity index (χ1v) is 11.8. The van der Waals surface area contributed by atoms with E-state index in [1.54, 1.807) is 12.5 Å². The topological polar surface area (TPSA) is 115 Å². The van der Waals surface area contributed by atoms with Crippen molar-refractivity contribution in [1.82, 2.24) is 25.8 Å². The Labute approximate surface area is 185 Å². The van der Waals surface area contributed by atoms with Gasteiger partial charge >= 0.3 is 0 Å². The lowest BCUT2D eigenvalue weighted by Crippen LogP contribution is -2.45. The summed E-state index contributed by atoms with van der Waals surface area (Å²) in [6, 6.07) is 0.385. The monoisotopic (exact) mass is 430 g/mol. The lowest BCUT2D eigenvalue weighted by molar-refractivity contribution is 0.0155. The molecule has 2 aromatic rings. The molecule has 2 aromatic heterocycles. The number of amides is 1. The summed E-state index contributed by atoms with van der Waals surface area (Å²) in [5.41, 5.74) is 7.87. The molecule has 0 radical (unpaired) electrons. The molecule has 0 unspecified atom stereocenters. The van der Waals surface area contributed by atoms with Gasteiger partial charge in [-0.15, -0.1) is 0 Å². The van der Waals surface area contributed by atoms with Crippen LogP contribution in [0, 0.1) is 0 Å². The minimum absolute atomic E-state index is 0.0649. The van der Waals surface area contributed by atoms with Crippen LogP contribution in [0.15, 0.2) is 12.5 Å². The zero-order chi connectivity index (χ0) is 22.3. The Hall–Kier alpha value is -2.19. The van der Waals surface area contributed by atoms with E-state index in [0.29, 0.717) is 34.9 Å². The summed E-state index contributed by atoms with van der Waals surface area (Å²) < 4.78 is 0. The number of hydrogen-bond donors (Lipinski definition) is 5. The molecule has 5 N–H and O–H groups in total. The van der Waals surface area contributed by atoms with Gasteiger partial charge in [-0.05, 0) is 45.4 Å². The standard InChI is InChI=1S/C23H38N6O2/c1-4-12-23(31,5-2)13-11-16(3)27-19-18(14-24-21-20(19)25-15-26-21)22(30)29-28-17-9-7-6-8-10-17/h14-17,28,31H,4-13H2,1-3H3,(H,29,30)(H2,24,25,26,27)/t16-,23-/m0/s1. The van der Waals surface area contributed by atoms with Crippen LogP contribution in [0.3, 0.4) is 0 Å². The van der Waals surface area contributed by atoms with E-state index in [-0.39, 0.29) is 11.9 Å². The van der Waals surface area contributed by atoms with Gasteiger partial charge in [-0.25, -0.2) is 15.4 Å². The maximum Gasteiger partial charge on any atom is 0.269 e. The van der Waals surface area contributed by atoms with E-state index in [9.17, 15) is 9.90 Å². The molecule has 0 bridgehead atoms. The summed E-state index contributed by atoms with van der Waals surface area (Å²) in [7, 11) is 0. The van der Waals surface area contributed by atoms with Crippen LogP contribution in [-0.2, 0) is 0 Å². The van der Waals surface area contributed by atoms with Crippen molar-refractivity contribution in [3.05, 3.63) is 18.1 Å². The summed E-state index contributed by atoms with van der Waals surface area (Å²) >= 11 is 0. The molecule has 1 fully saturated rings. The van der Waals surface area contributed by atoms with E-state index in [2.05, 4.69) is 45.0 Å². The van der Waals surface area contributed by atoms with Crippen molar-refractivity contribution in [2.75, 3.05) is 5.32 Å². The minimum atomic E-state index is -0.630. The molecule has 8 heteroatoms. The number of pyridine rings is 1. The fourth-order valence-electron chi connectivity index (χ4n) is 4.44. The van der Waals surface area contributed by atoms with Crippen molar-refractivity contribution in [3.63, 3.8) is 0 Å². The van der Waals surface area contributed by atoms with Crippen LogP contribution in [0.5, 0.6) is 0 Å². The number of aromatic amines is 1. The Kier molecular flexibility index (Phi) is 8.26. The highest BCUT2D eigenvalue weighted by Gasteiger charge is 2.25. The van der Waals surface area contributed by atoms with Crippen molar-refractivity contribution in [3.8, 4) is 0 Å². The molecule has 31 heavy (non-hydrogen) atoms. The zero-order valence-corrected chi connectivity index (χ0v) is 19.1. The predicted octanol–water partition coefficient (Wildman–Crippen LogP) is 4.05. The van der Waals surface area contributed by atoms with Gasteiger partial charge in [-0.3, -0.25) is 10.2 Å². The highest BCUT2D eigenvalue weighted by atomic mass is 16.3. The Balaban J connectivity index is 1.70. The molecule has 2 atom stereocenters. The molecule has 1 amide bonds. The molecule has 0 spiro atoms. The second-order valence-electron chi connectivity index (χ2n) is 8.99. The number of aromatic nitrogens is 3. The smallest absolute Gasteiger partial charge is 0.269 e. The van der Waals surface area contributed by atoms with Gasteiger partial charge in [0, 0.05) is 18.3 Å². The van der Waals surface area contributed by atoms with E-state index < -0.39 is 5.60 Å². The Morgan fingerprint density at radius 3 is 2.74 bits per heavy atom. The molecule has 0 aliphatic heterocycles. The van der Waals surface area contributed by atoms with Gasteiger partial charge in [0.2, 0.25) is 0 Å². The summed E-state index contributed by atoms with van der Waals surface area (Å²) in [5.74, 6) is -0.214. The highest BCUT2D eigenvalue weighted by molar-refractivity contribution is 6.05. The van der Waals surface area contributed by atoms with Crippen LogP contribution in [0.2, 0.25) is 0 Å². The summed E-state index contributed by atoms with van der Waals surface area (Å²) in [6.45, 7) is 6.20. The normalized spacial score (nSPS) is 17.9. The molecule has 1 saturated carbocycles. The molecule has 0 aromatic carbocycles. The highest BCUT2D eigenvalue weighted by Crippen LogP contribution is 2.28. The number of H-pyrrole nitrogens is 1. The lowest BCUT2D eigenvalue weighted by atomic mass is 9.88. The number of carbonyl (C=O) groups is 1. The molecule has 172 valence electrons. The van der Waals surface area contributed by atoms with Crippen LogP contribution in [0.1, 0.15) is 95.3 Å². The molecular formula is C23H38N6O2. The first kappa shape index (κ1) is 23.5. The van der Waals surface area contributed by atoms with Crippen molar-refractivity contribution in [2.24, 2.45) is 0 Å². The third kappa shape index (κ3) is 6.17. The number of fused-ring (bicyclic) bond motifs is 1. The average Bonchev–Trinajstić information content (AvgIpc) is 3.27. The third-order valence-electron chi connectivity index (χ3n) is 6.49. The van der Waals surface area contributed by atoms with Crippen molar-refractivity contribution < 1.29 is 9.90 Å². The summed E-state index contributed by atoms with van der Waals surface area (Å²) in [5, 5.41) is 14.3. The molecule has 1 aliphatic carbocycles. The quantitative estimate of drug-likeness (QED) is 0.344. The van der Waals surface area contributed by atoms with Gasteiger partial charge < -0.3 is 15.4 Å². The molecule has 8 nitrogen and oxygen atoms in total. The summed E-state index contributed by atoms with van der Waals surface area (Å²) in [6.07, 6.45) is 13.0. The first-order valence-electron chi connectivity index (χ1n) is 11.8. The number of rotatable bonds is 11. The lowest BCUT2D eigenvalue weighted by Gasteiger charge is -2.28. The van der Waals surface area contributed by atoms with E-state index in [4.69, 9.17) is 0 Å². The number of imidazole rings is 1. The first-order chi connectivity index (χ1) is 15.0. The van der Waals surface area contributed by atoms with Gasteiger partial charge in [-0.1, -0.05) is 39.5 Å². The van der Waals surface area contributed by atoms with Crippen LogP contribution < -0.4 is 16.2 Å². The van der Waals surface area contributed by atoms with Gasteiger partial charge in [0.05, 0.1) is 23.2 Å². The van der Waals surface area contributed by atoms with E-state index in [0.717, 1.165) is 38.5 Å². The van der Waals surface area contributed by atoms with Crippen molar-refractivity contribution in [1.29, 1.82) is 0 Å². The largest absolute Gasteiger partial charge is 0.390 e. The average molecular weight is 431 g/mol. The molecule has 0 saturated heterocycles. The van der Waals surface area contributed by atoms with Crippen LogP contribution in [-0.4, -0.2) is 43.7 Å². The molecular weight excluding hydrogens is 392 g/mol. The second-order valence-corrected chi connectivity index (χ2v) is 8.99. The van der Waals surface area contributed by atoms with E-state index >= 15 is 0 Å². The second kappa shape index (κ2) is 10.9. The van der Waals surface area contributed by atoms with Gasteiger partial charge in [0.1, 0.15) is 5.52 Å². The molecule has 2 heterocycles. The number of nitrogens with one attached hydrogen (secondary N) is 4. The Bertz CT molecular complexity index is 848. The van der Waals surface area contributed by atoms with Gasteiger partial charge in [-0.2, -0.15) is 0 Å². The zero-order valence-electron chi connectivity index (χ0n) is 19.1. The Morgan fingerprint density at radius 2 is 2.03 bits per heavy atom. The Morgan fingerprint density at radius 1 is 1.26 bits per heavy atom. The van der Waals surface area contributed by atoms with Crippen LogP contribution in [0.25, 0.3) is 11.2 Å². The third-order valence-corrected chi connectivity index (χ3v) is 6.49. The SMILES string of the molecule is CCC[C@@](O)(CC)CC[C@H](C)Nc1c(C(=O)NNC2CCCCC2)cnc2[nH]cnc12.